The molecule has 1 unspecified atom stereocenters. The summed E-state index contributed by atoms with van der Waals surface area (Å²) in [6.45, 7) is 0. The quantitative estimate of drug-likeness (QED) is 0.523. The maximum absolute atomic E-state index is 6.22. The minimum Gasteiger partial charge on any atom is -0.271 e. The van der Waals surface area contributed by atoms with Gasteiger partial charge in [-0.2, -0.15) is 0 Å². The summed E-state index contributed by atoms with van der Waals surface area (Å²) in [6, 6.07) is 7.31. The van der Waals surface area contributed by atoms with Gasteiger partial charge in [0.1, 0.15) is 0 Å². The third-order valence-corrected chi connectivity index (χ3v) is 6.56. The van der Waals surface area contributed by atoms with E-state index < -0.39 is 0 Å². The molecule has 3 N–H and O–H groups in total. The summed E-state index contributed by atoms with van der Waals surface area (Å²) in [7, 11) is 0. The topological polar surface area (TPSA) is 38.0 Å². The number of thiophene rings is 1. The SMILES string of the molecule is NNC(c1cc(Br)c(Br)s1)c1cccc(Cl)c1Cl. The first kappa shape index (κ1) is 14.8. The number of benzene rings is 1. The van der Waals surface area contributed by atoms with Crippen LogP contribution in [0.2, 0.25) is 10.0 Å². The van der Waals surface area contributed by atoms with Crippen molar-refractivity contribution < 1.29 is 0 Å². The molecule has 1 aromatic carbocycles. The zero-order chi connectivity index (χ0) is 13.3. The second-order valence-electron chi connectivity index (χ2n) is 3.51. The van der Waals surface area contributed by atoms with Crippen LogP contribution >= 0.6 is 66.4 Å². The molecule has 0 radical (unpaired) electrons. The molecule has 0 aliphatic heterocycles. The molecule has 1 atom stereocenters. The molecule has 0 saturated carbocycles. The van der Waals surface area contributed by atoms with Crippen molar-refractivity contribution in [1.29, 1.82) is 0 Å². The van der Waals surface area contributed by atoms with E-state index in [2.05, 4.69) is 37.3 Å². The van der Waals surface area contributed by atoms with Gasteiger partial charge < -0.3 is 0 Å². The summed E-state index contributed by atoms with van der Waals surface area (Å²) < 4.78 is 2.00. The first-order chi connectivity index (χ1) is 8.54. The van der Waals surface area contributed by atoms with Gasteiger partial charge in [0.2, 0.25) is 0 Å². The highest BCUT2D eigenvalue weighted by Gasteiger charge is 2.20. The van der Waals surface area contributed by atoms with Crippen molar-refractivity contribution in [3.05, 3.63) is 53.0 Å². The van der Waals surface area contributed by atoms with Crippen LogP contribution < -0.4 is 11.3 Å². The molecule has 2 nitrogen and oxygen atoms in total. The number of nitrogens with one attached hydrogen (secondary N) is 1. The maximum atomic E-state index is 6.22. The molecule has 7 heteroatoms. The van der Waals surface area contributed by atoms with Crippen molar-refractivity contribution >= 4 is 66.4 Å². The Balaban J connectivity index is 2.48. The zero-order valence-corrected chi connectivity index (χ0v) is 14.4. The standard InChI is InChI=1S/C11H8Br2Cl2N2S/c12-6-4-8(18-11(6)13)10(17-16)5-2-1-3-7(14)9(5)15/h1-4,10,17H,16H2. The van der Waals surface area contributed by atoms with Crippen molar-refractivity contribution in [2.75, 3.05) is 0 Å². The Morgan fingerprint density at radius 2 is 2.00 bits per heavy atom. The van der Waals surface area contributed by atoms with E-state index in [1.165, 1.54) is 0 Å². The summed E-state index contributed by atoms with van der Waals surface area (Å²) in [5, 5.41) is 1.03. The summed E-state index contributed by atoms with van der Waals surface area (Å²) in [6.07, 6.45) is 0. The van der Waals surface area contributed by atoms with Crippen molar-refractivity contribution in [2.45, 2.75) is 6.04 Å². The smallest absolute Gasteiger partial charge is 0.0843 e. The van der Waals surface area contributed by atoms with Crippen molar-refractivity contribution in [2.24, 2.45) is 5.84 Å². The Morgan fingerprint density at radius 1 is 1.28 bits per heavy atom. The third-order valence-electron chi connectivity index (χ3n) is 2.41. The monoisotopic (exact) mass is 428 g/mol. The van der Waals surface area contributed by atoms with E-state index in [9.17, 15) is 0 Å². The lowest BCUT2D eigenvalue weighted by atomic mass is 10.1. The first-order valence-electron chi connectivity index (χ1n) is 4.89. The molecule has 0 saturated heterocycles. The van der Waals surface area contributed by atoms with Crippen molar-refractivity contribution in [3.63, 3.8) is 0 Å². The summed E-state index contributed by atoms with van der Waals surface area (Å²) in [5.41, 5.74) is 3.62. The van der Waals surface area contributed by atoms with Gasteiger partial charge in [-0.05, 0) is 49.6 Å². The lowest BCUT2D eigenvalue weighted by Gasteiger charge is -2.16. The predicted octanol–water partition coefficient (Wildman–Crippen LogP) is 5.13. The van der Waals surface area contributed by atoms with E-state index in [1.54, 1.807) is 17.4 Å². The highest BCUT2D eigenvalue weighted by molar-refractivity contribution is 9.13. The fourth-order valence-electron chi connectivity index (χ4n) is 1.57. The van der Waals surface area contributed by atoms with Crippen LogP contribution in [-0.2, 0) is 0 Å². The Bertz CT molecular complexity index is 555. The van der Waals surface area contributed by atoms with E-state index in [-0.39, 0.29) is 6.04 Å². The number of halogens is 4. The van der Waals surface area contributed by atoms with Crippen LogP contribution in [0.25, 0.3) is 0 Å². The van der Waals surface area contributed by atoms with Gasteiger partial charge in [0.25, 0.3) is 0 Å². The molecule has 1 heterocycles. The lowest BCUT2D eigenvalue weighted by Crippen LogP contribution is -2.28. The Labute approximate surface area is 136 Å². The average molecular weight is 431 g/mol. The van der Waals surface area contributed by atoms with Crippen LogP contribution in [0.1, 0.15) is 16.5 Å². The van der Waals surface area contributed by atoms with Crippen LogP contribution in [0.5, 0.6) is 0 Å². The van der Waals surface area contributed by atoms with Gasteiger partial charge in [0, 0.05) is 9.35 Å². The van der Waals surface area contributed by atoms with Crippen LogP contribution in [0, 0.1) is 0 Å². The van der Waals surface area contributed by atoms with E-state index >= 15 is 0 Å². The van der Waals surface area contributed by atoms with Crippen LogP contribution in [0.3, 0.4) is 0 Å². The summed E-state index contributed by atoms with van der Waals surface area (Å²) in [4.78, 5) is 1.04. The molecule has 0 spiro atoms. The van der Waals surface area contributed by atoms with Gasteiger partial charge in [0.05, 0.1) is 19.9 Å². The van der Waals surface area contributed by atoms with Crippen LogP contribution in [-0.4, -0.2) is 0 Å². The normalized spacial score (nSPS) is 12.7. The molecule has 0 aliphatic rings. The maximum Gasteiger partial charge on any atom is 0.0843 e. The molecule has 0 amide bonds. The fourth-order valence-corrected chi connectivity index (χ4v) is 4.16. The minimum atomic E-state index is -0.191. The second kappa shape index (κ2) is 6.22. The van der Waals surface area contributed by atoms with Crippen molar-refractivity contribution in [1.82, 2.24) is 5.43 Å². The van der Waals surface area contributed by atoms with Crippen molar-refractivity contribution in [3.8, 4) is 0 Å². The largest absolute Gasteiger partial charge is 0.271 e. The van der Waals surface area contributed by atoms with E-state index in [0.29, 0.717) is 10.0 Å². The van der Waals surface area contributed by atoms with Gasteiger partial charge in [-0.1, -0.05) is 35.3 Å². The number of hydrogen-bond donors (Lipinski definition) is 2. The number of rotatable bonds is 3. The van der Waals surface area contributed by atoms with Gasteiger partial charge in [0.15, 0.2) is 0 Å². The van der Waals surface area contributed by atoms with E-state index in [0.717, 1.165) is 18.7 Å². The molecular formula is C11H8Br2Cl2N2S. The number of hydrogen-bond acceptors (Lipinski definition) is 3. The van der Waals surface area contributed by atoms with E-state index in [1.807, 2.05) is 18.2 Å². The molecule has 1 aromatic heterocycles. The first-order valence-corrected chi connectivity index (χ1v) is 8.05. The molecule has 2 rings (SSSR count). The van der Waals surface area contributed by atoms with Crippen LogP contribution in [0.4, 0.5) is 0 Å². The van der Waals surface area contributed by atoms with Crippen LogP contribution in [0.15, 0.2) is 32.5 Å². The Morgan fingerprint density at radius 3 is 2.56 bits per heavy atom. The highest BCUT2D eigenvalue weighted by atomic mass is 79.9. The molecule has 18 heavy (non-hydrogen) atoms. The Hall–Kier alpha value is 0.380. The molecule has 0 fully saturated rings. The average Bonchev–Trinajstić information content (AvgIpc) is 2.66. The van der Waals surface area contributed by atoms with Gasteiger partial charge >= 0.3 is 0 Å². The van der Waals surface area contributed by atoms with Gasteiger partial charge in [-0.15, -0.1) is 11.3 Å². The molecular weight excluding hydrogens is 423 g/mol. The van der Waals surface area contributed by atoms with Gasteiger partial charge in [-0.25, -0.2) is 5.43 Å². The highest BCUT2D eigenvalue weighted by Crippen LogP contribution is 2.40. The molecule has 0 aliphatic carbocycles. The summed E-state index contributed by atoms with van der Waals surface area (Å²) in [5.74, 6) is 5.64. The number of nitrogens with two attached hydrogens (primary N) is 1. The number of hydrazine groups is 1. The molecule has 96 valence electrons. The zero-order valence-electron chi connectivity index (χ0n) is 8.88. The van der Waals surface area contributed by atoms with Gasteiger partial charge in [-0.3, -0.25) is 5.84 Å². The minimum absolute atomic E-state index is 0.191. The second-order valence-corrected chi connectivity index (χ2v) is 7.55. The summed E-state index contributed by atoms with van der Waals surface area (Å²) >= 11 is 20.7. The molecule has 2 aromatic rings. The fraction of sp³-hybridized carbons (Fsp3) is 0.0909. The Kier molecular flexibility index (Phi) is 5.11. The predicted molar refractivity (Wildman–Crippen MR) is 85.3 cm³/mol. The molecule has 0 bridgehead atoms. The third kappa shape index (κ3) is 2.93. The van der Waals surface area contributed by atoms with E-state index in [4.69, 9.17) is 29.0 Å². The lowest BCUT2D eigenvalue weighted by molar-refractivity contribution is 0.646.